The number of halogens is 1. The summed E-state index contributed by atoms with van der Waals surface area (Å²) in [6, 6.07) is 11.9. The number of carbonyl (C=O) groups excluding carboxylic acids is 1. The van der Waals surface area contributed by atoms with Crippen molar-refractivity contribution in [3.05, 3.63) is 71.0 Å². The van der Waals surface area contributed by atoms with Crippen LogP contribution in [0.25, 0.3) is 0 Å². The van der Waals surface area contributed by atoms with Crippen molar-refractivity contribution in [3.8, 4) is 5.75 Å². The molecule has 0 aliphatic carbocycles. The van der Waals surface area contributed by atoms with Crippen LogP contribution in [0.2, 0.25) is 5.02 Å². The number of carbonyl (C=O) groups is 1. The van der Waals surface area contributed by atoms with E-state index in [4.69, 9.17) is 16.3 Å². The van der Waals surface area contributed by atoms with Gasteiger partial charge in [-0.25, -0.2) is 0 Å². The second kappa shape index (κ2) is 11.4. The molecule has 0 saturated carbocycles. The van der Waals surface area contributed by atoms with Crippen LogP contribution < -0.4 is 10.1 Å². The lowest BCUT2D eigenvalue weighted by molar-refractivity contribution is -0.113. The third-order valence-electron chi connectivity index (χ3n) is 4.58. The fourth-order valence-corrected chi connectivity index (χ4v) is 4.63. The number of thioether (sulfide) groups is 2. The van der Waals surface area contributed by atoms with Crippen LogP contribution in [0.15, 0.2) is 59.1 Å². The summed E-state index contributed by atoms with van der Waals surface area (Å²) < 4.78 is 7.31. The largest absolute Gasteiger partial charge is 0.495 e. The van der Waals surface area contributed by atoms with Crippen molar-refractivity contribution in [2.24, 2.45) is 0 Å². The Bertz CT molecular complexity index is 1100. The number of hydrogen-bond acceptors (Lipinski definition) is 6. The molecule has 0 fully saturated rings. The first-order chi connectivity index (χ1) is 15.4. The molecule has 1 heterocycles. The highest BCUT2D eigenvalue weighted by Crippen LogP contribution is 2.31. The van der Waals surface area contributed by atoms with Crippen molar-refractivity contribution in [1.29, 1.82) is 0 Å². The molecular formula is C23H25ClN4O2S2. The van der Waals surface area contributed by atoms with Crippen LogP contribution in [0.1, 0.15) is 17.0 Å². The van der Waals surface area contributed by atoms with Crippen LogP contribution >= 0.6 is 35.1 Å². The maximum absolute atomic E-state index is 12.6. The summed E-state index contributed by atoms with van der Waals surface area (Å²) in [7, 11) is 1.54. The number of aryl methyl sites for hydroxylation is 2. The number of nitrogens with zero attached hydrogens (tertiary/aromatic N) is 3. The van der Waals surface area contributed by atoms with Gasteiger partial charge in [0.1, 0.15) is 11.6 Å². The Morgan fingerprint density at radius 1 is 1.22 bits per heavy atom. The molecule has 168 valence electrons. The molecule has 0 aliphatic rings. The van der Waals surface area contributed by atoms with E-state index in [1.54, 1.807) is 37.1 Å². The van der Waals surface area contributed by atoms with Gasteiger partial charge in [0.25, 0.3) is 0 Å². The van der Waals surface area contributed by atoms with Crippen LogP contribution in [-0.2, 0) is 17.1 Å². The second-order valence-electron chi connectivity index (χ2n) is 7.04. The summed E-state index contributed by atoms with van der Waals surface area (Å²) in [4.78, 5) is 13.7. The molecule has 0 bridgehead atoms. The SMILES string of the molecule is C=CCn1c(CSc2ccc(C)cc2)nnc1SCC(=O)Nc1cc(C)c(Cl)cc1OC. The topological polar surface area (TPSA) is 69.0 Å². The zero-order valence-electron chi connectivity index (χ0n) is 18.2. The first kappa shape index (κ1) is 24.2. The summed E-state index contributed by atoms with van der Waals surface area (Å²) >= 11 is 9.17. The maximum Gasteiger partial charge on any atom is 0.234 e. The van der Waals surface area contributed by atoms with E-state index < -0.39 is 0 Å². The first-order valence-electron chi connectivity index (χ1n) is 9.90. The van der Waals surface area contributed by atoms with Gasteiger partial charge in [-0.05, 0) is 37.6 Å². The number of amides is 1. The summed E-state index contributed by atoms with van der Waals surface area (Å²) in [5.41, 5.74) is 2.67. The number of rotatable bonds is 10. The fraction of sp³-hybridized carbons (Fsp3) is 0.261. The Labute approximate surface area is 201 Å². The number of aromatic nitrogens is 3. The van der Waals surface area contributed by atoms with Gasteiger partial charge in [0.2, 0.25) is 5.91 Å². The summed E-state index contributed by atoms with van der Waals surface area (Å²) in [6.07, 6.45) is 1.80. The predicted molar refractivity (Wildman–Crippen MR) is 133 cm³/mol. The van der Waals surface area contributed by atoms with Crippen molar-refractivity contribution in [1.82, 2.24) is 14.8 Å². The predicted octanol–water partition coefficient (Wildman–Crippen LogP) is 5.77. The van der Waals surface area contributed by atoms with Crippen LogP contribution in [-0.4, -0.2) is 33.5 Å². The molecule has 0 atom stereocenters. The molecule has 0 radical (unpaired) electrons. The highest BCUT2D eigenvalue weighted by Gasteiger charge is 2.15. The number of allylic oxidation sites excluding steroid dienone is 1. The molecule has 1 amide bonds. The fourth-order valence-electron chi connectivity index (χ4n) is 2.87. The number of ether oxygens (including phenoxy) is 1. The van der Waals surface area contributed by atoms with E-state index in [9.17, 15) is 4.79 Å². The van der Waals surface area contributed by atoms with Crippen molar-refractivity contribution in [3.63, 3.8) is 0 Å². The van der Waals surface area contributed by atoms with Gasteiger partial charge in [-0.2, -0.15) is 0 Å². The molecule has 3 aromatic rings. The molecule has 3 rings (SSSR count). The molecule has 0 saturated heterocycles. The molecule has 1 N–H and O–H groups in total. The lowest BCUT2D eigenvalue weighted by Crippen LogP contribution is -2.15. The van der Waals surface area contributed by atoms with Gasteiger partial charge in [-0.15, -0.1) is 28.5 Å². The van der Waals surface area contributed by atoms with Gasteiger partial charge in [-0.3, -0.25) is 4.79 Å². The summed E-state index contributed by atoms with van der Waals surface area (Å²) in [5, 5.41) is 12.8. The lowest BCUT2D eigenvalue weighted by atomic mass is 10.2. The molecular weight excluding hydrogens is 464 g/mol. The van der Waals surface area contributed by atoms with Gasteiger partial charge in [0.05, 0.1) is 24.3 Å². The van der Waals surface area contributed by atoms with Gasteiger partial charge < -0.3 is 14.6 Å². The molecule has 9 heteroatoms. The third-order valence-corrected chi connectivity index (χ3v) is 6.96. The molecule has 6 nitrogen and oxygen atoms in total. The molecule has 0 spiro atoms. The third kappa shape index (κ3) is 6.31. The number of nitrogens with one attached hydrogen (secondary N) is 1. The standard InChI is InChI=1S/C23H25ClN4O2S2/c1-5-10-28-21(13-31-17-8-6-15(2)7-9-17)26-27-23(28)32-14-22(29)25-19-11-16(3)18(24)12-20(19)30-4/h5-9,11-12H,1,10,13-14H2,2-4H3,(H,25,29). The highest BCUT2D eigenvalue weighted by molar-refractivity contribution is 7.99. The molecule has 0 aliphatic heterocycles. The van der Waals surface area contributed by atoms with Crippen LogP contribution in [0.5, 0.6) is 5.75 Å². The maximum atomic E-state index is 12.6. The van der Waals surface area contributed by atoms with Crippen molar-refractivity contribution >= 4 is 46.7 Å². The Kier molecular flexibility index (Phi) is 8.67. The number of anilines is 1. The summed E-state index contributed by atoms with van der Waals surface area (Å²) in [5.74, 6) is 2.06. The van der Waals surface area contributed by atoms with E-state index in [-0.39, 0.29) is 11.7 Å². The lowest BCUT2D eigenvalue weighted by Gasteiger charge is -2.12. The zero-order valence-corrected chi connectivity index (χ0v) is 20.6. The van der Waals surface area contributed by atoms with Gasteiger partial charge >= 0.3 is 0 Å². The Morgan fingerprint density at radius 3 is 2.66 bits per heavy atom. The van der Waals surface area contributed by atoms with Gasteiger partial charge in [-0.1, -0.05) is 47.1 Å². The smallest absolute Gasteiger partial charge is 0.234 e. The van der Waals surface area contributed by atoms with E-state index in [0.29, 0.717) is 33.9 Å². The van der Waals surface area contributed by atoms with E-state index >= 15 is 0 Å². The minimum absolute atomic E-state index is 0.168. The van der Waals surface area contributed by atoms with Crippen molar-refractivity contribution in [2.45, 2.75) is 36.2 Å². The Morgan fingerprint density at radius 2 is 1.97 bits per heavy atom. The minimum atomic E-state index is -0.168. The second-order valence-corrected chi connectivity index (χ2v) is 9.44. The normalized spacial score (nSPS) is 10.8. The van der Waals surface area contributed by atoms with Crippen LogP contribution in [0, 0.1) is 13.8 Å². The molecule has 2 aromatic carbocycles. The van der Waals surface area contributed by atoms with E-state index in [1.165, 1.54) is 22.2 Å². The van der Waals surface area contributed by atoms with E-state index in [1.807, 2.05) is 11.5 Å². The van der Waals surface area contributed by atoms with Gasteiger partial charge in [0.15, 0.2) is 5.16 Å². The Balaban J connectivity index is 1.64. The average molecular weight is 489 g/mol. The van der Waals surface area contributed by atoms with E-state index in [2.05, 4.69) is 53.3 Å². The van der Waals surface area contributed by atoms with Crippen molar-refractivity contribution < 1.29 is 9.53 Å². The molecule has 0 unspecified atom stereocenters. The zero-order chi connectivity index (χ0) is 23.1. The minimum Gasteiger partial charge on any atom is -0.495 e. The first-order valence-corrected chi connectivity index (χ1v) is 12.3. The van der Waals surface area contributed by atoms with Crippen molar-refractivity contribution in [2.75, 3.05) is 18.2 Å². The number of benzene rings is 2. The summed E-state index contributed by atoms with van der Waals surface area (Å²) in [6.45, 7) is 8.35. The van der Waals surface area contributed by atoms with Gasteiger partial charge in [0, 0.05) is 22.5 Å². The number of methoxy groups -OCH3 is 1. The molecule has 32 heavy (non-hydrogen) atoms. The highest BCUT2D eigenvalue weighted by atomic mass is 35.5. The Hall–Kier alpha value is -2.42. The number of hydrogen-bond donors (Lipinski definition) is 1. The van der Waals surface area contributed by atoms with E-state index in [0.717, 1.165) is 11.4 Å². The quantitative estimate of drug-likeness (QED) is 0.289. The van der Waals surface area contributed by atoms with Crippen LogP contribution in [0.4, 0.5) is 5.69 Å². The molecule has 1 aromatic heterocycles. The monoisotopic (exact) mass is 488 g/mol. The van der Waals surface area contributed by atoms with Crippen LogP contribution in [0.3, 0.4) is 0 Å². The average Bonchev–Trinajstić information content (AvgIpc) is 3.16.